The molecule has 128 valence electrons. The van der Waals surface area contributed by atoms with Crippen LogP contribution in [-0.4, -0.2) is 6.79 Å². The van der Waals surface area contributed by atoms with E-state index in [2.05, 4.69) is 50.2 Å². The average molecular weight is 332 g/mol. The number of benzene rings is 3. The highest BCUT2D eigenvalue weighted by molar-refractivity contribution is 5.63. The van der Waals surface area contributed by atoms with Gasteiger partial charge in [-0.3, -0.25) is 0 Å². The highest BCUT2D eigenvalue weighted by atomic mass is 16.7. The summed E-state index contributed by atoms with van der Waals surface area (Å²) in [5, 5.41) is 0. The standard InChI is InChI=1S/C23H24O2/c1-3-18(2)22-11-7-8-12-23(22)25-17-24-21-15-13-20(14-16-21)19-9-5-4-6-10-19/h4-16,18H,3,17H2,1-2H3. The van der Waals surface area contributed by atoms with Gasteiger partial charge in [0.2, 0.25) is 6.79 Å². The number of hydrogen-bond donors (Lipinski definition) is 0. The Balaban J connectivity index is 1.60. The highest BCUT2D eigenvalue weighted by Gasteiger charge is 2.09. The van der Waals surface area contributed by atoms with Crippen molar-refractivity contribution < 1.29 is 9.47 Å². The van der Waals surface area contributed by atoms with Crippen molar-refractivity contribution in [2.45, 2.75) is 26.2 Å². The molecule has 0 amide bonds. The van der Waals surface area contributed by atoms with Crippen LogP contribution in [0.5, 0.6) is 11.5 Å². The Bertz CT molecular complexity index is 779. The summed E-state index contributed by atoms with van der Waals surface area (Å²) in [5.41, 5.74) is 3.61. The van der Waals surface area contributed by atoms with Crippen LogP contribution in [0.4, 0.5) is 0 Å². The summed E-state index contributed by atoms with van der Waals surface area (Å²) in [5.74, 6) is 2.18. The minimum Gasteiger partial charge on any atom is -0.458 e. The lowest BCUT2D eigenvalue weighted by atomic mass is 9.98. The third kappa shape index (κ3) is 4.42. The molecule has 1 unspecified atom stereocenters. The molecule has 0 saturated heterocycles. The minimum absolute atomic E-state index is 0.206. The van der Waals surface area contributed by atoms with Gasteiger partial charge in [0.25, 0.3) is 0 Å². The van der Waals surface area contributed by atoms with Crippen molar-refractivity contribution in [3.63, 3.8) is 0 Å². The van der Waals surface area contributed by atoms with Crippen LogP contribution in [0.25, 0.3) is 11.1 Å². The largest absolute Gasteiger partial charge is 0.458 e. The maximum atomic E-state index is 5.86. The molecule has 0 N–H and O–H groups in total. The van der Waals surface area contributed by atoms with Crippen LogP contribution in [0, 0.1) is 0 Å². The summed E-state index contributed by atoms with van der Waals surface area (Å²) >= 11 is 0. The lowest BCUT2D eigenvalue weighted by Crippen LogP contribution is -2.08. The molecule has 0 aliphatic rings. The molecular formula is C23H24O2. The summed E-state index contributed by atoms with van der Waals surface area (Å²) in [4.78, 5) is 0. The van der Waals surface area contributed by atoms with E-state index < -0.39 is 0 Å². The molecule has 3 aromatic rings. The maximum Gasteiger partial charge on any atom is 0.230 e. The van der Waals surface area contributed by atoms with Crippen LogP contribution >= 0.6 is 0 Å². The molecule has 3 rings (SSSR count). The van der Waals surface area contributed by atoms with Crippen molar-refractivity contribution in [1.29, 1.82) is 0 Å². The number of ether oxygens (including phenoxy) is 2. The molecule has 25 heavy (non-hydrogen) atoms. The van der Waals surface area contributed by atoms with Crippen molar-refractivity contribution in [2.24, 2.45) is 0 Å². The minimum atomic E-state index is 0.206. The topological polar surface area (TPSA) is 18.5 Å². The summed E-state index contributed by atoms with van der Waals surface area (Å²) in [6, 6.07) is 26.6. The summed E-state index contributed by atoms with van der Waals surface area (Å²) in [6.07, 6.45) is 1.09. The van der Waals surface area contributed by atoms with Crippen LogP contribution in [0.1, 0.15) is 31.7 Å². The maximum absolute atomic E-state index is 5.86. The number of hydrogen-bond acceptors (Lipinski definition) is 2. The lowest BCUT2D eigenvalue weighted by Gasteiger charge is -2.16. The van der Waals surface area contributed by atoms with E-state index in [1.807, 2.05) is 42.5 Å². The highest BCUT2D eigenvalue weighted by Crippen LogP contribution is 2.28. The second-order valence-corrected chi connectivity index (χ2v) is 6.14. The Morgan fingerprint density at radius 3 is 2.08 bits per heavy atom. The quantitative estimate of drug-likeness (QED) is 0.474. The van der Waals surface area contributed by atoms with Gasteiger partial charge in [-0.15, -0.1) is 0 Å². The molecule has 0 aliphatic heterocycles. The van der Waals surface area contributed by atoms with Crippen LogP contribution < -0.4 is 9.47 Å². The van der Waals surface area contributed by atoms with Gasteiger partial charge in [0.05, 0.1) is 0 Å². The Labute approximate surface area is 150 Å². The SMILES string of the molecule is CCC(C)c1ccccc1OCOc1ccc(-c2ccccc2)cc1. The molecule has 2 heteroatoms. The van der Waals surface area contributed by atoms with Crippen molar-refractivity contribution in [3.05, 3.63) is 84.4 Å². The summed E-state index contributed by atoms with van der Waals surface area (Å²) in [6.45, 7) is 4.61. The van der Waals surface area contributed by atoms with Gasteiger partial charge in [0.1, 0.15) is 11.5 Å². The Kier molecular flexibility index (Phi) is 5.73. The van der Waals surface area contributed by atoms with Gasteiger partial charge in [-0.05, 0) is 47.2 Å². The number of para-hydroxylation sites is 1. The predicted octanol–water partition coefficient (Wildman–Crippen LogP) is 6.28. The van der Waals surface area contributed by atoms with E-state index in [0.29, 0.717) is 5.92 Å². The van der Waals surface area contributed by atoms with Gasteiger partial charge < -0.3 is 9.47 Å². The third-order valence-corrected chi connectivity index (χ3v) is 4.46. The fourth-order valence-corrected chi connectivity index (χ4v) is 2.77. The summed E-state index contributed by atoms with van der Waals surface area (Å²) in [7, 11) is 0. The van der Waals surface area contributed by atoms with E-state index in [-0.39, 0.29) is 6.79 Å². The van der Waals surface area contributed by atoms with E-state index in [1.165, 1.54) is 16.7 Å². The number of rotatable bonds is 7. The normalized spacial score (nSPS) is 11.8. The van der Waals surface area contributed by atoms with Gasteiger partial charge >= 0.3 is 0 Å². The molecule has 0 aliphatic carbocycles. The fourth-order valence-electron chi connectivity index (χ4n) is 2.77. The van der Waals surface area contributed by atoms with E-state index in [9.17, 15) is 0 Å². The van der Waals surface area contributed by atoms with E-state index in [1.54, 1.807) is 0 Å². The fraction of sp³-hybridized carbons (Fsp3) is 0.217. The van der Waals surface area contributed by atoms with Crippen LogP contribution in [0.2, 0.25) is 0 Å². The molecule has 0 radical (unpaired) electrons. The first-order valence-corrected chi connectivity index (χ1v) is 8.78. The van der Waals surface area contributed by atoms with Crippen molar-refractivity contribution >= 4 is 0 Å². The second-order valence-electron chi connectivity index (χ2n) is 6.14. The van der Waals surface area contributed by atoms with E-state index in [0.717, 1.165) is 17.9 Å². The molecule has 0 heterocycles. The predicted molar refractivity (Wildman–Crippen MR) is 103 cm³/mol. The molecule has 3 aromatic carbocycles. The Morgan fingerprint density at radius 1 is 0.720 bits per heavy atom. The first kappa shape index (κ1) is 17.1. The monoisotopic (exact) mass is 332 g/mol. The van der Waals surface area contributed by atoms with Gasteiger partial charge in [-0.1, -0.05) is 74.5 Å². The molecule has 0 spiro atoms. The van der Waals surface area contributed by atoms with Crippen LogP contribution in [-0.2, 0) is 0 Å². The molecule has 2 nitrogen and oxygen atoms in total. The lowest BCUT2D eigenvalue weighted by molar-refractivity contribution is 0.118. The molecular weight excluding hydrogens is 308 g/mol. The van der Waals surface area contributed by atoms with Crippen molar-refractivity contribution in [2.75, 3.05) is 6.79 Å². The van der Waals surface area contributed by atoms with Gasteiger partial charge in [0.15, 0.2) is 0 Å². The first-order valence-electron chi connectivity index (χ1n) is 8.78. The van der Waals surface area contributed by atoms with Crippen molar-refractivity contribution in [3.8, 4) is 22.6 Å². The summed E-state index contributed by atoms with van der Waals surface area (Å²) < 4.78 is 11.6. The van der Waals surface area contributed by atoms with Gasteiger partial charge in [-0.25, -0.2) is 0 Å². The Hall–Kier alpha value is -2.74. The Morgan fingerprint density at radius 2 is 1.36 bits per heavy atom. The average Bonchev–Trinajstić information content (AvgIpc) is 2.69. The molecule has 1 atom stereocenters. The van der Waals surface area contributed by atoms with E-state index in [4.69, 9.17) is 9.47 Å². The molecule has 0 fully saturated rings. The molecule has 0 saturated carbocycles. The van der Waals surface area contributed by atoms with Crippen LogP contribution in [0.3, 0.4) is 0 Å². The van der Waals surface area contributed by atoms with Crippen LogP contribution in [0.15, 0.2) is 78.9 Å². The van der Waals surface area contributed by atoms with Gasteiger partial charge in [0, 0.05) is 0 Å². The molecule has 0 aromatic heterocycles. The zero-order valence-electron chi connectivity index (χ0n) is 14.8. The smallest absolute Gasteiger partial charge is 0.230 e. The third-order valence-electron chi connectivity index (χ3n) is 4.46. The first-order chi connectivity index (χ1) is 12.3. The second kappa shape index (κ2) is 8.39. The van der Waals surface area contributed by atoms with Gasteiger partial charge in [-0.2, -0.15) is 0 Å². The van der Waals surface area contributed by atoms with Crippen molar-refractivity contribution in [1.82, 2.24) is 0 Å². The molecule has 0 bridgehead atoms. The zero-order valence-corrected chi connectivity index (χ0v) is 14.8. The zero-order chi connectivity index (χ0) is 17.5. The van der Waals surface area contributed by atoms with E-state index >= 15 is 0 Å².